The number of benzene rings is 1. The van der Waals surface area contributed by atoms with Gasteiger partial charge >= 0.3 is 0 Å². The third-order valence-electron chi connectivity index (χ3n) is 5.69. The smallest absolute Gasteiger partial charge is 0.274 e. The van der Waals surface area contributed by atoms with Crippen LogP contribution in [0.3, 0.4) is 0 Å². The highest BCUT2D eigenvalue weighted by Gasteiger charge is 2.40. The zero-order valence-corrected chi connectivity index (χ0v) is 17.0. The molecule has 29 heavy (non-hydrogen) atoms. The summed E-state index contributed by atoms with van der Waals surface area (Å²) in [5.41, 5.74) is 3.69. The molecule has 0 amide bonds. The van der Waals surface area contributed by atoms with Gasteiger partial charge in [-0.25, -0.2) is 8.42 Å². The van der Waals surface area contributed by atoms with Crippen molar-refractivity contribution in [3.8, 4) is 11.1 Å². The molecule has 152 valence electrons. The molecule has 1 aromatic carbocycles. The lowest BCUT2D eigenvalue weighted by Crippen LogP contribution is -2.37. The first kappa shape index (κ1) is 18.3. The number of pyridine rings is 1. The summed E-state index contributed by atoms with van der Waals surface area (Å²) in [6, 6.07) is 7.76. The van der Waals surface area contributed by atoms with Crippen molar-refractivity contribution in [2.24, 2.45) is 7.05 Å². The van der Waals surface area contributed by atoms with Gasteiger partial charge in [0.15, 0.2) is 0 Å². The zero-order chi connectivity index (χ0) is 20.3. The van der Waals surface area contributed by atoms with E-state index in [2.05, 4.69) is 14.6 Å². The minimum atomic E-state index is -3.41. The van der Waals surface area contributed by atoms with E-state index in [4.69, 9.17) is 4.74 Å². The van der Waals surface area contributed by atoms with Gasteiger partial charge in [0.1, 0.15) is 5.52 Å². The normalized spacial score (nSPS) is 21.2. The predicted molar refractivity (Wildman–Crippen MR) is 113 cm³/mol. The van der Waals surface area contributed by atoms with E-state index in [-0.39, 0.29) is 11.7 Å². The average molecular weight is 414 g/mol. The second-order valence-electron chi connectivity index (χ2n) is 7.83. The molecule has 2 fully saturated rings. The summed E-state index contributed by atoms with van der Waals surface area (Å²) >= 11 is 0. The molecule has 2 aliphatic rings. The van der Waals surface area contributed by atoms with Crippen LogP contribution in [0.2, 0.25) is 0 Å². The van der Waals surface area contributed by atoms with Crippen molar-refractivity contribution in [3.63, 3.8) is 0 Å². The third kappa shape index (κ3) is 3.10. The molecule has 3 aromatic rings. The molecule has 2 saturated heterocycles. The van der Waals surface area contributed by atoms with E-state index in [1.165, 1.54) is 0 Å². The summed E-state index contributed by atoms with van der Waals surface area (Å²) in [6.45, 7) is 1.50. The summed E-state index contributed by atoms with van der Waals surface area (Å²) in [5, 5.41) is 0.812. The number of ether oxygens (including phenoxy) is 1. The standard InChI is InChI=1S/C20H22N4O4S/c1-23-10-17(15-5-6-21-19(15)20(23)25)16-7-12(22-29(2,26)27)3-4-18(16)24-9-14-8-13(24)11-28-14/h3-7,10,13-14,21-22H,8-9,11H2,1-2H3. The van der Waals surface area contributed by atoms with E-state index in [0.717, 1.165) is 41.4 Å². The van der Waals surface area contributed by atoms with Crippen LogP contribution in [0.1, 0.15) is 6.42 Å². The molecule has 2 bridgehead atoms. The number of fused-ring (bicyclic) bond motifs is 3. The number of aromatic amines is 1. The Labute approximate surface area is 168 Å². The largest absolute Gasteiger partial charge is 0.374 e. The molecule has 2 atom stereocenters. The zero-order valence-electron chi connectivity index (χ0n) is 16.2. The Morgan fingerprint density at radius 2 is 2.07 bits per heavy atom. The molecule has 0 aliphatic carbocycles. The minimum Gasteiger partial charge on any atom is -0.374 e. The van der Waals surface area contributed by atoms with Gasteiger partial charge in [0.05, 0.1) is 25.0 Å². The van der Waals surface area contributed by atoms with E-state index in [1.54, 1.807) is 23.9 Å². The van der Waals surface area contributed by atoms with E-state index in [1.807, 2.05) is 24.4 Å². The highest BCUT2D eigenvalue weighted by Crippen LogP contribution is 2.41. The molecule has 4 heterocycles. The lowest BCUT2D eigenvalue weighted by molar-refractivity contribution is 0.0992. The molecule has 8 nitrogen and oxygen atoms in total. The van der Waals surface area contributed by atoms with Crippen LogP contribution in [0.5, 0.6) is 0 Å². The number of anilines is 2. The Morgan fingerprint density at radius 1 is 1.24 bits per heavy atom. The molecule has 0 saturated carbocycles. The lowest BCUT2D eigenvalue weighted by Gasteiger charge is -2.31. The van der Waals surface area contributed by atoms with E-state index < -0.39 is 10.0 Å². The first-order chi connectivity index (χ1) is 13.8. The quantitative estimate of drug-likeness (QED) is 0.680. The van der Waals surface area contributed by atoms with Crippen LogP contribution in [0.4, 0.5) is 11.4 Å². The van der Waals surface area contributed by atoms with E-state index in [9.17, 15) is 13.2 Å². The third-order valence-corrected chi connectivity index (χ3v) is 6.30. The van der Waals surface area contributed by atoms with Crippen molar-refractivity contribution in [1.29, 1.82) is 0 Å². The van der Waals surface area contributed by atoms with Gasteiger partial charge in [0.25, 0.3) is 5.56 Å². The van der Waals surface area contributed by atoms with Crippen LogP contribution >= 0.6 is 0 Å². The minimum absolute atomic E-state index is 0.102. The fourth-order valence-corrected chi connectivity index (χ4v) is 5.01. The molecule has 0 spiro atoms. The molecule has 5 rings (SSSR count). The highest BCUT2D eigenvalue weighted by molar-refractivity contribution is 7.92. The molecule has 9 heteroatoms. The Kier molecular flexibility index (Phi) is 4.01. The van der Waals surface area contributed by atoms with Crippen molar-refractivity contribution in [3.05, 3.63) is 47.0 Å². The Morgan fingerprint density at radius 3 is 2.76 bits per heavy atom. The lowest BCUT2D eigenvalue weighted by atomic mass is 10.00. The Hall–Kier alpha value is -2.78. The summed E-state index contributed by atoms with van der Waals surface area (Å²) in [5.74, 6) is 0. The summed E-state index contributed by atoms with van der Waals surface area (Å²) in [6.07, 6.45) is 5.92. The average Bonchev–Trinajstić information content (AvgIpc) is 3.39. The summed E-state index contributed by atoms with van der Waals surface area (Å²) < 4.78 is 33.4. The Balaban J connectivity index is 1.73. The number of nitrogens with one attached hydrogen (secondary N) is 2. The van der Waals surface area contributed by atoms with Crippen LogP contribution < -0.4 is 15.2 Å². The highest BCUT2D eigenvalue weighted by atomic mass is 32.2. The Bertz CT molecular complexity index is 1280. The van der Waals surface area contributed by atoms with Crippen molar-refractivity contribution < 1.29 is 13.2 Å². The monoisotopic (exact) mass is 414 g/mol. The van der Waals surface area contributed by atoms with Gasteiger partial charge in [0, 0.05) is 53.9 Å². The van der Waals surface area contributed by atoms with Crippen molar-refractivity contribution in [2.45, 2.75) is 18.6 Å². The van der Waals surface area contributed by atoms with Crippen molar-refractivity contribution >= 4 is 32.3 Å². The van der Waals surface area contributed by atoms with E-state index >= 15 is 0 Å². The number of sulfonamides is 1. The van der Waals surface area contributed by atoms with Gasteiger partial charge in [-0.05, 0) is 30.7 Å². The number of nitrogens with zero attached hydrogens (tertiary/aromatic N) is 2. The fourth-order valence-electron chi connectivity index (χ4n) is 4.46. The van der Waals surface area contributed by atoms with Crippen LogP contribution in [-0.2, 0) is 21.8 Å². The maximum absolute atomic E-state index is 12.5. The topological polar surface area (TPSA) is 96.4 Å². The van der Waals surface area contributed by atoms with Crippen LogP contribution in [-0.4, -0.2) is 49.5 Å². The number of H-pyrrole nitrogens is 1. The van der Waals surface area contributed by atoms with E-state index in [0.29, 0.717) is 23.9 Å². The van der Waals surface area contributed by atoms with Crippen molar-refractivity contribution in [2.75, 3.05) is 29.0 Å². The number of aromatic nitrogens is 2. The first-order valence-corrected chi connectivity index (χ1v) is 11.4. The number of rotatable bonds is 4. The van der Waals surface area contributed by atoms with Gasteiger partial charge in [-0.2, -0.15) is 0 Å². The molecule has 2 aliphatic heterocycles. The van der Waals surface area contributed by atoms with Gasteiger partial charge < -0.3 is 19.2 Å². The second-order valence-corrected chi connectivity index (χ2v) is 9.58. The molecular formula is C20H22N4O4S. The fraction of sp³-hybridized carbons (Fsp3) is 0.350. The summed E-state index contributed by atoms with van der Waals surface area (Å²) in [4.78, 5) is 17.8. The SMILES string of the molecule is Cn1cc(-c2cc(NS(C)(=O)=O)ccc2N2CC3CC2CO3)c2cc[nH]c2c1=O. The number of hydrogen-bond donors (Lipinski definition) is 2. The molecule has 2 N–H and O–H groups in total. The summed E-state index contributed by atoms with van der Waals surface area (Å²) in [7, 11) is -1.69. The number of morpholine rings is 1. The molecule has 2 unspecified atom stereocenters. The molecule has 0 radical (unpaired) electrons. The maximum atomic E-state index is 12.5. The number of hydrogen-bond acceptors (Lipinski definition) is 5. The molecule has 2 aromatic heterocycles. The van der Waals surface area contributed by atoms with Crippen LogP contribution in [0.15, 0.2) is 41.5 Å². The second kappa shape index (κ2) is 6.36. The van der Waals surface area contributed by atoms with Gasteiger partial charge in [-0.1, -0.05) is 0 Å². The van der Waals surface area contributed by atoms with Crippen LogP contribution in [0, 0.1) is 0 Å². The van der Waals surface area contributed by atoms with Gasteiger partial charge in [0.2, 0.25) is 10.0 Å². The van der Waals surface area contributed by atoms with Crippen molar-refractivity contribution in [1.82, 2.24) is 9.55 Å². The molecular weight excluding hydrogens is 392 g/mol. The van der Waals surface area contributed by atoms with Crippen LogP contribution in [0.25, 0.3) is 22.0 Å². The van der Waals surface area contributed by atoms with Gasteiger partial charge in [-0.3, -0.25) is 9.52 Å². The number of aryl methyl sites for hydroxylation is 1. The first-order valence-electron chi connectivity index (χ1n) is 9.47. The van der Waals surface area contributed by atoms with Gasteiger partial charge in [-0.15, -0.1) is 0 Å². The maximum Gasteiger partial charge on any atom is 0.274 e. The predicted octanol–water partition coefficient (Wildman–Crippen LogP) is 1.88.